The molecule has 0 aromatic heterocycles. The molecule has 0 radical (unpaired) electrons. The number of hydrogen-bond acceptors (Lipinski definition) is 5. The molecule has 0 bridgehead atoms. The minimum atomic E-state index is -0.701. The van der Waals surface area contributed by atoms with Gasteiger partial charge in [-0.1, -0.05) is 6.07 Å². The number of methoxy groups -OCH3 is 4. The highest BCUT2D eigenvalue weighted by atomic mass is 16.5. The number of carbonyl (C=O) groups is 1. The van der Waals surface area contributed by atoms with E-state index in [-0.39, 0.29) is 5.91 Å². The summed E-state index contributed by atoms with van der Waals surface area (Å²) in [6, 6.07) is 9.62. The molecule has 0 saturated heterocycles. The first kappa shape index (κ1) is 20.8. The summed E-state index contributed by atoms with van der Waals surface area (Å²) in [5.41, 5.74) is 2.47. The van der Waals surface area contributed by atoms with E-state index in [2.05, 4.69) is 0 Å². The molecule has 1 aliphatic heterocycles. The van der Waals surface area contributed by atoms with E-state index in [1.807, 2.05) is 49.1 Å². The third-order valence-electron chi connectivity index (χ3n) is 5.65. The molecule has 0 atom stereocenters. The predicted octanol–water partition coefficient (Wildman–Crippen LogP) is 3.58. The molecule has 1 heterocycles. The van der Waals surface area contributed by atoms with Gasteiger partial charge >= 0.3 is 0 Å². The number of fused-ring (bicyclic) bond motifs is 1. The molecular formula is C23H29NO5. The van der Waals surface area contributed by atoms with Gasteiger partial charge in [0.25, 0.3) is 0 Å². The summed E-state index contributed by atoms with van der Waals surface area (Å²) < 4.78 is 21.6. The molecule has 0 spiro atoms. The van der Waals surface area contributed by atoms with Crippen molar-refractivity contribution in [2.45, 2.75) is 32.2 Å². The molecule has 156 valence electrons. The summed E-state index contributed by atoms with van der Waals surface area (Å²) in [6.45, 7) is 5.10. The Morgan fingerprint density at radius 2 is 1.38 bits per heavy atom. The van der Waals surface area contributed by atoms with E-state index in [9.17, 15) is 4.79 Å². The number of benzene rings is 2. The second-order valence-corrected chi connectivity index (χ2v) is 7.65. The van der Waals surface area contributed by atoms with Gasteiger partial charge < -0.3 is 23.8 Å². The Balaban J connectivity index is 1.87. The summed E-state index contributed by atoms with van der Waals surface area (Å²) in [5.74, 6) is 2.74. The fraction of sp³-hybridized carbons (Fsp3) is 0.435. The molecule has 0 N–H and O–H groups in total. The van der Waals surface area contributed by atoms with E-state index in [1.165, 1.54) is 5.56 Å². The van der Waals surface area contributed by atoms with Crippen LogP contribution >= 0.6 is 0 Å². The Morgan fingerprint density at radius 1 is 0.828 bits per heavy atom. The highest BCUT2D eigenvalue weighted by Gasteiger charge is 2.36. The summed E-state index contributed by atoms with van der Waals surface area (Å²) >= 11 is 0. The van der Waals surface area contributed by atoms with Crippen LogP contribution in [0.1, 0.15) is 30.5 Å². The zero-order valence-electron chi connectivity index (χ0n) is 18.0. The molecule has 0 fully saturated rings. The van der Waals surface area contributed by atoms with Crippen LogP contribution < -0.4 is 18.9 Å². The lowest BCUT2D eigenvalue weighted by Crippen LogP contribution is -2.45. The Hall–Kier alpha value is -2.89. The van der Waals surface area contributed by atoms with Crippen molar-refractivity contribution >= 4 is 5.91 Å². The second-order valence-electron chi connectivity index (χ2n) is 7.65. The average Bonchev–Trinajstić information content (AvgIpc) is 2.76. The lowest BCUT2D eigenvalue weighted by molar-refractivity contribution is -0.137. The largest absolute Gasteiger partial charge is 0.493 e. The summed E-state index contributed by atoms with van der Waals surface area (Å²) in [5, 5.41) is 0. The van der Waals surface area contributed by atoms with E-state index in [0.29, 0.717) is 30.3 Å². The topological polar surface area (TPSA) is 57.2 Å². The highest BCUT2D eigenvalue weighted by Crippen LogP contribution is 2.37. The third-order valence-corrected chi connectivity index (χ3v) is 5.65. The Morgan fingerprint density at radius 3 is 1.97 bits per heavy atom. The standard InChI is InChI=1S/C23H29NO5/c1-23(2,17-7-8-18(26-3)21(13-17)29-6)22(25)24-10-9-15-11-19(27-4)20(28-5)12-16(15)14-24/h7-8,11-13H,9-10,14H2,1-6H3. The Labute approximate surface area is 172 Å². The molecule has 2 aromatic carbocycles. The number of carbonyl (C=O) groups excluding carboxylic acids is 1. The molecule has 3 rings (SSSR count). The normalized spacial score (nSPS) is 13.5. The quantitative estimate of drug-likeness (QED) is 0.743. The van der Waals surface area contributed by atoms with Crippen molar-refractivity contribution in [3.8, 4) is 23.0 Å². The number of hydrogen-bond donors (Lipinski definition) is 0. The molecule has 6 nitrogen and oxygen atoms in total. The summed E-state index contributed by atoms with van der Waals surface area (Å²) in [4.78, 5) is 15.4. The van der Waals surface area contributed by atoms with Gasteiger partial charge in [0.15, 0.2) is 23.0 Å². The van der Waals surface area contributed by atoms with Crippen LogP contribution in [-0.4, -0.2) is 45.8 Å². The highest BCUT2D eigenvalue weighted by molar-refractivity contribution is 5.88. The van der Waals surface area contributed by atoms with E-state index in [0.717, 1.165) is 23.3 Å². The molecule has 0 unspecified atom stereocenters. The van der Waals surface area contributed by atoms with Gasteiger partial charge in [0.2, 0.25) is 5.91 Å². The smallest absolute Gasteiger partial charge is 0.232 e. The van der Waals surface area contributed by atoms with Crippen LogP contribution in [0.3, 0.4) is 0 Å². The van der Waals surface area contributed by atoms with Crippen molar-refractivity contribution in [2.24, 2.45) is 0 Å². The van der Waals surface area contributed by atoms with Crippen molar-refractivity contribution in [1.82, 2.24) is 4.90 Å². The number of ether oxygens (including phenoxy) is 4. The van der Waals surface area contributed by atoms with Crippen LogP contribution in [0.2, 0.25) is 0 Å². The van der Waals surface area contributed by atoms with Crippen LogP contribution in [-0.2, 0) is 23.2 Å². The van der Waals surface area contributed by atoms with Crippen molar-refractivity contribution < 1.29 is 23.7 Å². The van der Waals surface area contributed by atoms with Crippen molar-refractivity contribution in [2.75, 3.05) is 35.0 Å². The summed E-state index contributed by atoms with van der Waals surface area (Å²) in [7, 11) is 6.45. The van der Waals surface area contributed by atoms with Gasteiger partial charge in [0.1, 0.15) is 0 Å². The van der Waals surface area contributed by atoms with E-state index in [1.54, 1.807) is 28.4 Å². The molecule has 29 heavy (non-hydrogen) atoms. The molecule has 6 heteroatoms. The van der Waals surface area contributed by atoms with E-state index < -0.39 is 5.41 Å². The monoisotopic (exact) mass is 399 g/mol. The zero-order chi connectivity index (χ0) is 21.2. The average molecular weight is 399 g/mol. The number of amides is 1. The number of rotatable bonds is 6. The molecule has 1 amide bonds. The van der Waals surface area contributed by atoms with Crippen LogP contribution in [0.25, 0.3) is 0 Å². The third kappa shape index (κ3) is 3.84. The van der Waals surface area contributed by atoms with Gasteiger partial charge in [-0.15, -0.1) is 0 Å². The van der Waals surface area contributed by atoms with Gasteiger partial charge in [0, 0.05) is 13.1 Å². The number of nitrogens with zero attached hydrogens (tertiary/aromatic N) is 1. The fourth-order valence-electron chi connectivity index (χ4n) is 3.80. The predicted molar refractivity (Wildman–Crippen MR) is 111 cm³/mol. The lowest BCUT2D eigenvalue weighted by Gasteiger charge is -2.36. The van der Waals surface area contributed by atoms with Crippen molar-refractivity contribution in [3.63, 3.8) is 0 Å². The maximum absolute atomic E-state index is 13.5. The molecule has 1 aliphatic rings. The van der Waals surface area contributed by atoms with Gasteiger partial charge in [-0.2, -0.15) is 0 Å². The maximum Gasteiger partial charge on any atom is 0.232 e. The minimum Gasteiger partial charge on any atom is -0.493 e. The van der Waals surface area contributed by atoms with Gasteiger partial charge in [-0.25, -0.2) is 0 Å². The first-order valence-electron chi connectivity index (χ1n) is 9.61. The van der Waals surface area contributed by atoms with Crippen molar-refractivity contribution in [1.29, 1.82) is 0 Å². The Kier molecular flexibility index (Phi) is 5.91. The second kappa shape index (κ2) is 8.23. The first-order valence-corrected chi connectivity index (χ1v) is 9.61. The van der Waals surface area contributed by atoms with Crippen LogP contribution in [0.5, 0.6) is 23.0 Å². The van der Waals surface area contributed by atoms with Crippen LogP contribution in [0.15, 0.2) is 30.3 Å². The van der Waals surface area contributed by atoms with Crippen LogP contribution in [0, 0.1) is 0 Å². The molecule has 0 saturated carbocycles. The molecule has 0 aliphatic carbocycles. The van der Waals surface area contributed by atoms with E-state index >= 15 is 0 Å². The van der Waals surface area contributed by atoms with E-state index in [4.69, 9.17) is 18.9 Å². The SMILES string of the molecule is COc1ccc(C(C)(C)C(=O)N2CCc3cc(OC)c(OC)cc3C2)cc1OC. The lowest BCUT2D eigenvalue weighted by atomic mass is 9.82. The first-order chi connectivity index (χ1) is 13.8. The minimum absolute atomic E-state index is 0.0742. The molecule has 2 aromatic rings. The van der Waals surface area contributed by atoms with Gasteiger partial charge in [0.05, 0.1) is 33.9 Å². The van der Waals surface area contributed by atoms with Crippen LogP contribution in [0.4, 0.5) is 0 Å². The van der Waals surface area contributed by atoms with Crippen molar-refractivity contribution in [3.05, 3.63) is 47.0 Å². The molecular weight excluding hydrogens is 370 g/mol. The summed E-state index contributed by atoms with van der Waals surface area (Å²) in [6.07, 6.45) is 0.781. The Bertz CT molecular complexity index is 906. The van der Waals surface area contributed by atoms with Gasteiger partial charge in [-0.3, -0.25) is 4.79 Å². The maximum atomic E-state index is 13.5. The fourth-order valence-corrected chi connectivity index (χ4v) is 3.80. The zero-order valence-corrected chi connectivity index (χ0v) is 18.0. The van der Waals surface area contributed by atoms with Gasteiger partial charge in [-0.05, 0) is 61.2 Å².